The van der Waals surface area contributed by atoms with E-state index in [9.17, 15) is 0 Å². The first-order chi connectivity index (χ1) is 26.0. The molecule has 0 amide bonds. The Balaban J connectivity index is 1.36. The molecule has 0 aliphatic carbocycles. The quantitative estimate of drug-likeness (QED) is 0.164. The zero-order valence-corrected chi connectivity index (χ0v) is 30.6. The molecule has 0 atom stereocenters. The average Bonchev–Trinajstić information content (AvgIpc) is 3.85. The second-order valence-electron chi connectivity index (χ2n) is 15.7. The maximum Gasteiger partial charge on any atom is 0.265 e. The van der Waals surface area contributed by atoms with E-state index in [1.807, 2.05) is 11.3 Å². The Morgan fingerprint density at radius 1 is 0.509 bits per heavy atom. The van der Waals surface area contributed by atoms with Crippen LogP contribution in [0.4, 0.5) is 17.1 Å². The Labute approximate surface area is 312 Å². The number of benzene rings is 7. The van der Waals surface area contributed by atoms with Crippen LogP contribution in [0.1, 0.15) is 26.3 Å². The summed E-state index contributed by atoms with van der Waals surface area (Å²) >= 11 is 1.97. The maximum absolute atomic E-state index is 2.63. The van der Waals surface area contributed by atoms with Gasteiger partial charge in [0, 0.05) is 59.2 Å². The number of aromatic nitrogens is 2. The number of hydrogen-bond acceptors (Lipinski definition) is 2. The van der Waals surface area contributed by atoms with Gasteiger partial charge in [-0.05, 0) is 82.6 Å². The first kappa shape index (κ1) is 29.5. The Bertz CT molecular complexity index is 3160. The summed E-state index contributed by atoms with van der Waals surface area (Å²) in [6.07, 6.45) is 0. The summed E-state index contributed by atoms with van der Waals surface area (Å²) in [5.74, 6) is 0. The minimum absolute atomic E-state index is 0.0460. The van der Waals surface area contributed by atoms with Crippen molar-refractivity contribution in [2.75, 3.05) is 4.90 Å². The molecule has 0 unspecified atom stereocenters. The molecule has 5 heteroatoms. The van der Waals surface area contributed by atoms with E-state index in [-0.39, 0.29) is 12.1 Å². The largest absolute Gasteiger partial charge is 0.310 e. The van der Waals surface area contributed by atoms with E-state index < -0.39 is 0 Å². The van der Waals surface area contributed by atoms with Crippen molar-refractivity contribution in [3.63, 3.8) is 0 Å². The lowest BCUT2D eigenvalue weighted by Gasteiger charge is -2.39. The molecule has 10 aromatic rings. The van der Waals surface area contributed by atoms with Gasteiger partial charge in [-0.1, -0.05) is 112 Å². The van der Waals surface area contributed by atoms with Crippen LogP contribution in [0, 0.1) is 0 Å². The molecule has 0 spiro atoms. The van der Waals surface area contributed by atoms with Crippen LogP contribution in [0.3, 0.4) is 0 Å². The molecule has 0 radical (unpaired) electrons. The summed E-state index contributed by atoms with van der Waals surface area (Å²) in [5, 5.41) is 6.64. The normalized spacial score (nSPS) is 13.5. The third-order valence-corrected chi connectivity index (χ3v) is 13.0. The van der Waals surface area contributed by atoms with Gasteiger partial charge in [-0.3, -0.25) is 0 Å². The highest BCUT2D eigenvalue weighted by Gasteiger charge is 2.45. The topological polar surface area (TPSA) is 13.1 Å². The fraction of sp³-hybridized carbons (Fsp3) is 0.0833. The zero-order valence-electron chi connectivity index (χ0n) is 29.8. The van der Waals surface area contributed by atoms with Gasteiger partial charge in [-0.15, -0.1) is 11.3 Å². The van der Waals surface area contributed by atoms with E-state index in [1.165, 1.54) is 103 Å². The number of rotatable bonds is 2. The lowest BCUT2D eigenvalue weighted by atomic mass is 9.36. The molecule has 53 heavy (non-hydrogen) atoms. The van der Waals surface area contributed by atoms with Crippen LogP contribution in [0.25, 0.3) is 65.1 Å². The first-order valence-corrected chi connectivity index (χ1v) is 19.4. The summed E-state index contributed by atoms with van der Waals surface area (Å²) in [6.45, 7) is 7.12. The predicted octanol–water partition coefficient (Wildman–Crippen LogP) is 11.0. The molecule has 12 rings (SSSR count). The Kier molecular flexibility index (Phi) is 5.74. The Hall–Kier alpha value is -6.04. The van der Waals surface area contributed by atoms with Crippen molar-refractivity contribution >= 4 is 105 Å². The fourth-order valence-electron chi connectivity index (χ4n) is 9.80. The van der Waals surface area contributed by atoms with Gasteiger partial charge >= 0.3 is 0 Å². The van der Waals surface area contributed by atoms with Gasteiger partial charge in [0.25, 0.3) is 6.71 Å². The van der Waals surface area contributed by atoms with Crippen LogP contribution in [0.2, 0.25) is 0 Å². The maximum atomic E-state index is 2.63. The molecule has 0 fully saturated rings. The lowest BCUT2D eigenvalue weighted by molar-refractivity contribution is 0.596. The van der Waals surface area contributed by atoms with Gasteiger partial charge in [0.1, 0.15) is 0 Å². The number of anilines is 3. The molecule has 3 aromatic heterocycles. The van der Waals surface area contributed by atoms with Crippen LogP contribution in [0.15, 0.2) is 152 Å². The lowest BCUT2D eigenvalue weighted by Crippen LogP contribution is -2.59. The van der Waals surface area contributed by atoms with Crippen molar-refractivity contribution in [3.05, 3.63) is 157 Å². The molecular weight excluding hydrogens is 661 g/mol. The van der Waals surface area contributed by atoms with E-state index in [1.54, 1.807) is 0 Å². The van der Waals surface area contributed by atoms with Crippen LogP contribution < -0.4 is 20.6 Å². The zero-order chi connectivity index (χ0) is 35.2. The summed E-state index contributed by atoms with van der Waals surface area (Å²) in [6, 6.07) is 56.5. The third-order valence-electron chi connectivity index (χ3n) is 11.8. The molecular formula is C48H34BN3S. The van der Waals surface area contributed by atoms with Crippen LogP contribution in [-0.4, -0.2) is 15.8 Å². The third kappa shape index (κ3) is 3.75. The van der Waals surface area contributed by atoms with Crippen LogP contribution >= 0.6 is 11.3 Å². The van der Waals surface area contributed by atoms with Gasteiger partial charge in [0.15, 0.2) is 0 Å². The highest BCUT2D eigenvalue weighted by molar-refractivity contribution is 7.34. The first-order valence-electron chi connectivity index (χ1n) is 18.6. The summed E-state index contributed by atoms with van der Waals surface area (Å²) < 4.78 is 7.87. The van der Waals surface area contributed by atoms with E-state index >= 15 is 0 Å². The summed E-state index contributed by atoms with van der Waals surface area (Å²) in [4.78, 5) is 2.55. The molecule has 7 aromatic carbocycles. The highest BCUT2D eigenvalue weighted by Crippen LogP contribution is 2.48. The van der Waals surface area contributed by atoms with Gasteiger partial charge in [-0.2, -0.15) is 0 Å². The van der Waals surface area contributed by atoms with E-state index in [0.29, 0.717) is 0 Å². The smallest absolute Gasteiger partial charge is 0.265 e. The highest BCUT2D eigenvalue weighted by atomic mass is 32.1. The SMILES string of the molecule is CC(C)(C)c1cccc2c1c1cc3c(c4c1n2-c1cccc2c1B4c1sc4ccccc4c1N2c1ccccc1)c1ccccc1n3-c1ccccc1. The van der Waals surface area contributed by atoms with Crippen molar-refractivity contribution < 1.29 is 0 Å². The molecule has 5 heterocycles. The van der Waals surface area contributed by atoms with Crippen LogP contribution in [0.5, 0.6) is 0 Å². The van der Waals surface area contributed by atoms with Crippen molar-refractivity contribution in [2.24, 2.45) is 0 Å². The van der Waals surface area contributed by atoms with Crippen molar-refractivity contribution in [1.82, 2.24) is 9.13 Å². The van der Waals surface area contributed by atoms with Gasteiger partial charge in [0.2, 0.25) is 0 Å². The molecule has 2 aliphatic rings. The average molecular weight is 696 g/mol. The molecule has 250 valence electrons. The Morgan fingerprint density at radius 2 is 1.17 bits per heavy atom. The van der Waals surface area contributed by atoms with Crippen molar-refractivity contribution in [2.45, 2.75) is 26.2 Å². The van der Waals surface area contributed by atoms with Crippen LogP contribution in [-0.2, 0) is 5.41 Å². The Morgan fingerprint density at radius 3 is 1.96 bits per heavy atom. The summed E-state index contributed by atoms with van der Waals surface area (Å²) in [5.41, 5.74) is 15.5. The molecule has 0 bridgehead atoms. The number of fused-ring (bicyclic) bond motifs is 13. The van der Waals surface area contributed by atoms with E-state index in [2.05, 4.69) is 186 Å². The predicted molar refractivity (Wildman–Crippen MR) is 229 cm³/mol. The molecule has 0 saturated heterocycles. The molecule has 2 aliphatic heterocycles. The summed E-state index contributed by atoms with van der Waals surface area (Å²) in [7, 11) is 0. The monoisotopic (exact) mass is 695 g/mol. The molecule has 0 N–H and O–H groups in total. The van der Waals surface area contributed by atoms with Gasteiger partial charge in [0.05, 0.1) is 27.8 Å². The second kappa shape index (κ2) is 10.3. The van der Waals surface area contributed by atoms with Gasteiger partial charge in [-0.25, -0.2) is 0 Å². The minimum atomic E-state index is -0.0469. The van der Waals surface area contributed by atoms with Crippen molar-refractivity contribution in [1.29, 1.82) is 0 Å². The van der Waals surface area contributed by atoms with Crippen molar-refractivity contribution in [3.8, 4) is 11.4 Å². The second-order valence-corrected chi connectivity index (χ2v) is 16.8. The molecule has 0 saturated carbocycles. The number of thiophene rings is 1. The fourth-order valence-corrected chi connectivity index (χ4v) is 11.1. The number of hydrogen-bond donors (Lipinski definition) is 0. The minimum Gasteiger partial charge on any atom is -0.310 e. The number of nitrogens with zero attached hydrogens (tertiary/aromatic N) is 3. The van der Waals surface area contributed by atoms with E-state index in [0.717, 1.165) is 0 Å². The number of para-hydroxylation sites is 3. The molecule has 3 nitrogen and oxygen atoms in total. The van der Waals surface area contributed by atoms with Gasteiger partial charge < -0.3 is 14.0 Å². The van der Waals surface area contributed by atoms with E-state index in [4.69, 9.17) is 0 Å². The standard InChI is InChI=1S/C48H34BN3S/c1-48(2,3)34-22-14-24-36-41(34)33-28-39-42(31-20-10-12-23-35(31)50(39)29-16-6-4-7-17-29)44-45(33)52(36)38-26-15-25-37-43(38)49(44)47-46(32-21-11-13-27-40(32)53-47)51(37)30-18-8-5-9-19-30/h4-28H,1-3H3.